The molecule has 4 heteroatoms. The van der Waals surface area contributed by atoms with Crippen molar-refractivity contribution in [1.82, 2.24) is 5.32 Å². The molecule has 1 atom stereocenters. The fraction of sp³-hybridized carbons (Fsp3) is 0.923. The summed E-state index contributed by atoms with van der Waals surface area (Å²) in [6.45, 7) is 4.84. The van der Waals surface area contributed by atoms with Crippen molar-refractivity contribution in [2.75, 3.05) is 19.8 Å². The fourth-order valence-corrected chi connectivity index (χ4v) is 2.36. The van der Waals surface area contributed by atoms with E-state index in [0.29, 0.717) is 13.2 Å². The molecule has 0 amide bonds. The molecule has 1 aliphatic carbocycles. The molecule has 100 valence electrons. The van der Waals surface area contributed by atoms with Crippen molar-refractivity contribution < 1.29 is 14.6 Å². The molecule has 1 fully saturated rings. The van der Waals surface area contributed by atoms with Gasteiger partial charge in [-0.15, -0.1) is 0 Å². The van der Waals surface area contributed by atoms with Crippen LogP contribution in [0.15, 0.2) is 0 Å². The summed E-state index contributed by atoms with van der Waals surface area (Å²) in [4.78, 5) is 11.5. The van der Waals surface area contributed by atoms with Crippen LogP contribution < -0.4 is 5.32 Å². The Morgan fingerprint density at radius 2 is 2.06 bits per heavy atom. The monoisotopic (exact) mass is 243 g/mol. The largest absolute Gasteiger partial charge is 0.466 e. The van der Waals surface area contributed by atoms with Crippen molar-refractivity contribution >= 4 is 5.97 Å². The highest BCUT2D eigenvalue weighted by atomic mass is 16.5. The first kappa shape index (κ1) is 14.5. The van der Waals surface area contributed by atoms with E-state index in [0.717, 1.165) is 25.7 Å². The molecular formula is C13H25NO3. The van der Waals surface area contributed by atoms with E-state index >= 15 is 0 Å². The molecule has 0 aromatic heterocycles. The maximum absolute atomic E-state index is 11.5. The number of aliphatic hydroxyl groups excluding tert-OH is 1. The summed E-state index contributed by atoms with van der Waals surface area (Å²) >= 11 is 0. The smallest absolute Gasteiger partial charge is 0.309 e. The van der Waals surface area contributed by atoms with Gasteiger partial charge >= 0.3 is 5.97 Å². The molecule has 0 aromatic rings. The Labute approximate surface area is 104 Å². The molecule has 0 aliphatic heterocycles. The van der Waals surface area contributed by atoms with Gasteiger partial charge in [-0.1, -0.05) is 26.2 Å². The number of aliphatic hydroxyl groups is 1. The molecule has 0 aromatic carbocycles. The maximum atomic E-state index is 11.5. The summed E-state index contributed by atoms with van der Waals surface area (Å²) in [6, 6.07) is 0. The second kappa shape index (κ2) is 6.97. The van der Waals surface area contributed by atoms with Gasteiger partial charge in [-0.3, -0.25) is 4.79 Å². The standard InChI is InChI=1S/C13H25NO3/c1-3-17-12(16)11(2)9-14-13(10-15)7-5-4-6-8-13/h11,14-15H,3-10H2,1-2H3. The Morgan fingerprint density at radius 1 is 1.41 bits per heavy atom. The first-order valence-electron chi connectivity index (χ1n) is 6.66. The van der Waals surface area contributed by atoms with Gasteiger partial charge in [-0.05, 0) is 19.8 Å². The number of rotatable bonds is 6. The molecular weight excluding hydrogens is 218 g/mol. The van der Waals surface area contributed by atoms with Crippen LogP contribution in [0.3, 0.4) is 0 Å². The number of hydrogen-bond acceptors (Lipinski definition) is 4. The van der Waals surface area contributed by atoms with E-state index in [1.807, 2.05) is 13.8 Å². The van der Waals surface area contributed by atoms with E-state index in [1.54, 1.807) is 0 Å². The van der Waals surface area contributed by atoms with E-state index in [2.05, 4.69) is 5.32 Å². The first-order chi connectivity index (χ1) is 8.13. The zero-order chi connectivity index (χ0) is 12.7. The van der Waals surface area contributed by atoms with Crippen LogP contribution >= 0.6 is 0 Å². The lowest BCUT2D eigenvalue weighted by Crippen LogP contribution is -2.51. The molecule has 0 bridgehead atoms. The van der Waals surface area contributed by atoms with Crippen LogP contribution in [-0.2, 0) is 9.53 Å². The van der Waals surface area contributed by atoms with Crippen LogP contribution in [0.1, 0.15) is 46.0 Å². The van der Waals surface area contributed by atoms with Crippen molar-refractivity contribution in [3.8, 4) is 0 Å². The molecule has 17 heavy (non-hydrogen) atoms. The number of carbonyl (C=O) groups excluding carboxylic acids is 1. The Morgan fingerprint density at radius 3 is 2.59 bits per heavy atom. The highest BCUT2D eigenvalue weighted by molar-refractivity contribution is 5.72. The molecule has 2 N–H and O–H groups in total. The van der Waals surface area contributed by atoms with Gasteiger partial charge in [-0.25, -0.2) is 0 Å². The highest BCUT2D eigenvalue weighted by Crippen LogP contribution is 2.27. The summed E-state index contributed by atoms with van der Waals surface area (Å²) in [5, 5.41) is 12.9. The third-order valence-electron chi connectivity index (χ3n) is 3.59. The van der Waals surface area contributed by atoms with Gasteiger partial charge in [0.1, 0.15) is 0 Å². The molecule has 1 aliphatic rings. The number of carbonyl (C=O) groups is 1. The second-order valence-corrected chi connectivity index (χ2v) is 5.03. The van der Waals surface area contributed by atoms with E-state index < -0.39 is 0 Å². The summed E-state index contributed by atoms with van der Waals surface area (Å²) in [5.41, 5.74) is -0.168. The fourth-order valence-electron chi connectivity index (χ4n) is 2.36. The van der Waals surface area contributed by atoms with Crippen LogP contribution in [0.4, 0.5) is 0 Å². The normalized spacial score (nSPS) is 20.9. The van der Waals surface area contributed by atoms with Gasteiger partial charge in [0.05, 0.1) is 19.1 Å². The van der Waals surface area contributed by atoms with Crippen molar-refractivity contribution in [3.05, 3.63) is 0 Å². The van der Waals surface area contributed by atoms with Gasteiger partial charge < -0.3 is 15.2 Å². The lowest BCUT2D eigenvalue weighted by molar-refractivity contribution is -0.147. The Kier molecular flexibility index (Phi) is 5.92. The van der Waals surface area contributed by atoms with Gasteiger partial charge in [-0.2, -0.15) is 0 Å². The predicted molar refractivity (Wildman–Crippen MR) is 66.7 cm³/mol. The summed E-state index contributed by atoms with van der Waals surface area (Å²) in [5.74, 6) is -0.316. The molecule has 0 heterocycles. The van der Waals surface area contributed by atoms with E-state index in [9.17, 15) is 9.90 Å². The SMILES string of the molecule is CCOC(=O)C(C)CNC1(CO)CCCCC1. The van der Waals surface area contributed by atoms with Crippen LogP contribution in [0.25, 0.3) is 0 Å². The van der Waals surface area contributed by atoms with Crippen molar-refractivity contribution in [2.24, 2.45) is 5.92 Å². The maximum Gasteiger partial charge on any atom is 0.309 e. The molecule has 1 unspecified atom stereocenters. The van der Waals surface area contributed by atoms with Crippen LogP contribution in [0.5, 0.6) is 0 Å². The zero-order valence-corrected chi connectivity index (χ0v) is 11.0. The number of nitrogens with one attached hydrogen (secondary N) is 1. The van der Waals surface area contributed by atoms with Gasteiger partial charge in [0.25, 0.3) is 0 Å². The third-order valence-corrected chi connectivity index (χ3v) is 3.59. The van der Waals surface area contributed by atoms with E-state index in [-0.39, 0.29) is 24.0 Å². The average molecular weight is 243 g/mol. The molecule has 0 saturated heterocycles. The molecule has 1 rings (SSSR count). The zero-order valence-electron chi connectivity index (χ0n) is 11.0. The van der Waals surface area contributed by atoms with E-state index in [1.165, 1.54) is 6.42 Å². The van der Waals surface area contributed by atoms with Crippen molar-refractivity contribution in [2.45, 2.75) is 51.5 Å². The van der Waals surface area contributed by atoms with Crippen LogP contribution in [0.2, 0.25) is 0 Å². The highest BCUT2D eigenvalue weighted by Gasteiger charge is 2.31. The summed E-state index contributed by atoms with van der Waals surface area (Å²) in [6.07, 6.45) is 5.55. The Balaban J connectivity index is 2.38. The lowest BCUT2D eigenvalue weighted by Gasteiger charge is -2.37. The molecule has 0 spiro atoms. The Bertz CT molecular complexity index is 237. The lowest BCUT2D eigenvalue weighted by atomic mass is 9.82. The number of hydrogen-bond donors (Lipinski definition) is 2. The Hall–Kier alpha value is -0.610. The van der Waals surface area contributed by atoms with Crippen molar-refractivity contribution in [1.29, 1.82) is 0 Å². The van der Waals surface area contributed by atoms with Crippen LogP contribution in [0, 0.1) is 5.92 Å². The predicted octanol–water partition coefficient (Wildman–Crippen LogP) is 1.47. The third kappa shape index (κ3) is 4.28. The number of ether oxygens (including phenoxy) is 1. The molecule has 4 nitrogen and oxygen atoms in total. The van der Waals surface area contributed by atoms with E-state index in [4.69, 9.17) is 4.74 Å². The van der Waals surface area contributed by atoms with Gasteiger partial charge in [0.2, 0.25) is 0 Å². The minimum atomic E-state index is -0.168. The van der Waals surface area contributed by atoms with Crippen molar-refractivity contribution in [3.63, 3.8) is 0 Å². The number of esters is 1. The minimum absolute atomic E-state index is 0.152. The summed E-state index contributed by atoms with van der Waals surface area (Å²) in [7, 11) is 0. The minimum Gasteiger partial charge on any atom is -0.466 e. The second-order valence-electron chi connectivity index (χ2n) is 5.03. The average Bonchev–Trinajstić information content (AvgIpc) is 2.37. The van der Waals surface area contributed by atoms with Crippen LogP contribution in [-0.4, -0.2) is 36.4 Å². The van der Waals surface area contributed by atoms with Gasteiger partial charge in [0, 0.05) is 12.1 Å². The molecule has 0 radical (unpaired) electrons. The summed E-state index contributed by atoms with van der Waals surface area (Å²) < 4.78 is 4.97. The topological polar surface area (TPSA) is 58.6 Å². The quantitative estimate of drug-likeness (QED) is 0.694. The first-order valence-corrected chi connectivity index (χ1v) is 6.66. The van der Waals surface area contributed by atoms with Gasteiger partial charge in [0.15, 0.2) is 0 Å². The molecule has 1 saturated carbocycles.